The molecule has 1 aliphatic carbocycles. The predicted molar refractivity (Wildman–Crippen MR) is 70.6 cm³/mol. The van der Waals surface area contributed by atoms with E-state index < -0.39 is 0 Å². The van der Waals surface area contributed by atoms with Crippen molar-refractivity contribution in [3.8, 4) is 5.75 Å². The van der Waals surface area contributed by atoms with Crippen molar-refractivity contribution in [3.05, 3.63) is 29.3 Å². The van der Waals surface area contributed by atoms with E-state index in [2.05, 4.69) is 0 Å². The molecule has 98 valence electrons. The van der Waals surface area contributed by atoms with Crippen molar-refractivity contribution in [3.63, 3.8) is 0 Å². The number of carbonyl (C=O) groups excluding carboxylic acids is 1. The highest BCUT2D eigenvalue weighted by Crippen LogP contribution is 2.28. The molecule has 0 heterocycles. The van der Waals surface area contributed by atoms with Gasteiger partial charge in [0.1, 0.15) is 5.75 Å². The zero-order valence-corrected chi connectivity index (χ0v) is 10.7. The van der Waals surface area contributed by atoms with Gasteiger partial charge in [0, 0.05) is 19.1 Å². The maximum atomic E-state index is 12.4. The smallest absolute Gasteiger partial charge is 0.257 e. The molecule has 2 rings (SSSR count). The highest BCUT2D eigenvalue weighted by Gasteiger charge is 2.29. The van der Waals surface area contributed by atoms with E-state index in [-0.39, 0.29) is 11.7 Å². The van der Waals surface area contributed by atoms with Crippen LogP contribution in [0.3, 0.4) is 0 Å². The Bertz CT molecular complexity index is 441. The number of phenolic OH excluding ortho intramolecular Hbond substituents is 1. The fourth-order valence-corrected chi connectivity index (χ4v) is 2.26. The molecule has 1 fully saturated rings. The van der Waals surface area contributed by atoms with Crippen LogP contribution >= 0.6 is 0 Å². The summed E-state index contributed by atoms with van der Waals surface area (Å²) in [6.45, 7) is 2.89. The van der Waals surface area contributed by atoms with Crippen LogP contribution in [0.25, 0.3) is 0 Å². The second-order valence-electron chi connectivity index (χ2n) is 4.89. The molecule has 1 amide bonds. The van der Waals surface area contributed by atoms with Crippen molar-refractivity contribution < 1.29 is 9.90 Å². The highest BCUT2D eigenvalue weighted by atomic mass is 16.3. The average molecular weight is 248 g/mol. The first-order valence-electron chi connectivity index (χ1n) is 6.44. The lowest BCUT2D eigenvalue weighted by Gasteiger charge is -2.37. The standard InChI is InChI=1S/C14H20N2O2/c1-10-5-6-12(13(17)9-10)14(18)16(8-7-15)11-3-2-4-11/h5-6,9,11,17H,2-4,7-8,15H2,1H3. The summed E-state index contributed by atoms with van der Waals surface area (Å²) in [6, 6.07) is 5.44. The summed E-state index contributed by atoms with van der Waals surface area (Å²) < 4.78 is 0. The normalized spacial score (nSPS) is 15.2. The average Bonchev–Trinajstić information content (AvgIpc) is 2.25. The summed E-state index contributed by atoms with van der Waals surface area (Å²) in [5, 5.41) is 9.87. The quantitative estimate of drug-likeness (QED) is 0.851. The molecular formula is C14H20N2O2. The molecule has 0 saturated heterocycles. The number of benzene rings is 1. The summed E-state index contributed by atoms with van der Waals surface area (Å²) in [6.07, 6.45) is 3.25. The Balaban J connectivity index is 2.21. The molecule has 3 N–H and O–H groups in total. The lowest BCUT2D eigenvalue weighted by molar-refractivity contribution is 0.0585. The molecule has 18 heavy (non-hydrogen) atoms. The maximum absolute atomic E-state index is 12.4. The number of nitrogens with two attached hydrogens (primary N) is 1. The molecule has 0 aliphatic heterocycles. The summed E-state index contributed by atoms with van der Waals surface area (Å²) in [4.78, 5) is 14.2. The fraction of sp³-hybridized carbons (Fsp3) is 0.500. The van der Waals surface area contributed by atoms with Gasteiger partial charge in [-0.2, -0.15) is 0 Å². The molecule has 1 saturated carbocycles. The van der Waals surface area contributed by atoms with Gasteiger partial charge in [-0.3, -0.25) is 4.79 Å². The molecule has 0 bridgehead atoms. The second kappa shape index (κ2) is 5.40. The van der Waals surface area contributed by atoms with E-state index in [0.29, 0.717) is 24.7 Å². The van der Waals surface area contributed by atoms with Crippen LogP contribution in [-0.4, -0.2) is 35.0 Å². The number of rotatable bonds is 4. The summed E-state index contributed by atoms with van der Waals surface area (Å²) in [7, 11) is 0. The van der Waals surface area contributed by atoms with Crippen molar-refractivity contribution in [2.24, 2.45) is 5.73 Å². The molecule has 0 atom stereocenters. The molecular weight excluding hydrogens is 228 g/mol. The first-order chi connectivity index (χ1) is 8.63. The van der Waals surface area contributed by atoms with Gasteiger partial charge >= 0.3 is 0 Å². The van der Waals surface area contributed by atoms with Gasteiger partial charge in [-0.25, -0.2) is 0 Å². The molecule has 0 aromatic heterocycles. The monoisotopic (exact) mass is 248 g/mol. The van der Waals surface area contributed by atoms with Crippen LogP contribution in [0.2, 0.25) is 0 Å². The van der Waals surface area contributed by atoms with Crippen LogP contribution in [0.1, 0.15) is 35.2 Å². The molecule has 0 unspecified atom stereocenters. The lowest BCUT2D eigenvalue weighted by Crippen LogP contribution is -2.46. The molecule has 1 aromatic rings. The molecule has 1 aliphatic rings. The van der Waals surface area contributed by atoms with Crippen LogP contribution < -0.4 is 5.73 Å². The van der Waals surface area contributed by atoms with Gasteiger partial charge in [-0.1, -0.05) is 6.07 Å². The summed E-state index contributed by atoms with van der Waals surface area (Å²) in [5.74, 6) is -0.0519. The van der Waals surface area contributed by atoms with Crippen molar-refractivity contribution >= 4 is 5.91 Å². The van der Waals surface area contributed by atoms with E-state index >= 15 is 0 Å². The van der Waals surface area contributed by atoms with Crippen LogP contribution in [0, 0.1) is 6.92 Å². The van der Waals surface area contributed by atoms with E-state index in [1.807, 2.05) is 13.0 Å². The number of amides is 1. The number of phenols is 1. The Hall–Kier alpha value is -1.55. The largest absolute Gasteiger partial charge is 0.507 e. The summed E-state index contributed by atoms with van der Waals surface area (Å²) in [5.41, 5.74) is 6.89. The Labute approximate surface area is 107 Å². The molecule has 0 spiro atoms. The van der Waals surface area contributed by atoms with Gasteiger partial charge in [0.2, 0.25) is 0 Å². The topological polar surface area (TPSA) is 66.6 Å². The minimum absolute atomic E-state index is 0.0568. The zero-order valence-electron chi connectivity index (χ0n) is 10.7. The van der Waals surface area contributed by atoms with Gasteiger partial charge in [-0.05, 0) is 43.9 Å². The number of aryl methyl sites for hydroxylation is 1. The third-order valence-electron chi connectivity index (χ3n) is 3.53. The Morgan fingerprint density at radius 2 is 2.22 bits per heavy atom. The number of nitrogens with zero attached hydrogens (tertiary/aromatic N) is 1. The van der Waals surface area contributed by atoms with Crippen LogP contribution in [-0.2, 0) is 0 Å². The lowest BCUT2D eigenvalue weighted by atomic mass is 9.91. The number of aromatic hydroxyl groups is 1. The molecule has 4 heteroatoms. The fourth-order valence-electron chi connectivity index (χ4n) is 2.26. The zero-order chi connectivity index (χ0) is 13.1. The molecule has 0 radical (unpaired) electrons. The number of hydrogen-bond donors (Lipinski definition) is 2. The van der Waals surface area contributed by atoms with Crippen molar-refractivity contribution in [1.29, 1.82) is 0 Å². The second-order valence-corrected chi connectivity index (χ2v) is 4.89. The SMILES string of the molecule is Cc1ccc(C(=O)N(CCN)C2CCC2)c(O)c1. The minimum atomic E-state index is -0.109. The van der Waals surface area contributed by atoms with Gasteiger partial charge < -0.3 is 15.7 Å². The summed E-state index contributed by atoms with van der Waals surface area (Å²) >= 11 is 0. The van der Waals surface area contributed by atoms with Gasteiger partial charge in [0.25, 0.3) is 5.91 Å². The first-order valence-corrected chi connectivity index (χ1v) is 6.44. The predicted octanol–water partition coefficient (Wildman–Crippen LogP) is 1.65. The van der Waals surface area contributed by atoms with Crippen molar-refractivity contribution in [2.45, 2.75) is 32.2 Å². The van der Waals surface area contributed by atoms with E-state index in [9.17, 15) is 9.90 Å². The van der Waals surface area contributed by atoms with Gasteiger partial charge in [0.05, 0.1) is 5.56 Å². The molecule has 1 aromatic carbocycles. The van der Waals surface area contributed by atoms with E-state index in [0.717, 1.165) is 18.4 Å². The van der Waals surface area contributed by atoms with Crippen LogP contribution in [0.5, 0.6) is 5.75 Å². The van der Waals surface area contributed by atoms with Crippen LogP contribution in [0.15, 0.2) is 18.2 Å². The van der Waals surface area contributed by atoms with E-state index in [1.54, 1.807) is 17.0 Å². The van der Waals surface area contributed by atoms with Crippen LogP contribution in [0.4, 0.5) is 0 Å². The molecule has 4 nitrogen and oxygen atoms in total. The Morgan fingerprint density at radius 3 is 2.72 bits per heavy atom. The first kappa shape index (κ1) is 12.9. The Kier molecular flexibility index (Phi) is 3.87. The third kappa shape index (κ3) is 2.48. The van der Waals surface area contributed by atoms with Gasteiger partial charge in [0.15, 0.2) is 0 Å². The van der Waals surface area contributed by atoms with Crippen molar-refractivity contribution in [2.75, 3.05) is 13.1 Å². The van der Waals surface area contributed by atoms with E-state index in [4.69, 9.17) is 5.73 Å². The highest BCUT2D eigenvalue weighted by molar-refractivity contribution is 5.97. The number of hydrogen-bond acceptors (Lipinski definition) is 3. The van der Waals surface area contributed by atoms with E-state index in [1.165, 1.54) is 6.42 Å². The third-order valence-corrected chi connectivity index (χ3v) is 3.53. The maximum Gasteiger partial charge on any atom is 0.257 e. The van der Waals surface area contributed by atoms with Gasteiger partial charge in [-0.15, -0.1) is 0 Å². The van der Waals surface area contributed by atoms with Crippen molar-refractivity contribution in [1.82, 2.24) is 4.90 Å². The minimum Gasteiger partial charge on any atom is -0.507 e. The Morgan fingerprint density at radius 1 is 1.50 bits per heavy atom. The number of carbonyl (C=O) groups is 1.